The Labute approximate surface area is 117 Å². The monoisotopic (exact) mass is 277 g/mol. The van der Waals surface area contributed by atoms with E-state index in [2.05, 4.69) is 20.3 Å². The molecule has 0 aliphatic heterocycles. The number of hydrogen-bond donors (Lipinski definition) is 1. The van der Waals surface area contributed by atoms with Crippen molar-refractivity contribution in [1.82, 2.24) is 15.0 Å². The van der Waals surface area contributed by atoms with Crippen LogP contribution < -0.4 is 10.2 Å². The first-order valence-corrected chi connectivity index (χ1v) is 6.45. The number of pyridine rings is 1. The molecule has 2 rings (SSSR count). The minimum absolute atomic E-state index is 0.540. The fraction of sp³-hybridized carbons (Fsp3) is 0.308. The van der Waals surface area contributed by atoms with E-state index in [1.165, 1.54) is 0 Å². The van der Waals surface area contributed by atoms with Crippen LogP contribution in [0.5, 0.6) is 0 Å². The van der Waals surface area contributed by atoms with E-state index in [0.29, 0.717) is 23.3 Å². The molecule has 2 heterocycles. The quantitative estimate of drug-likeness (QED) is 0.910. The molecule has 0 saturated heterocycles. The molecule has 0 radical (unpaired) electrons. The summed E-state index contributed by atoms with van der Waals surface area (Å²) in [6, 6.07) is 3.94. The summed E-state index contributed by atoms with van der Waals surface area (Å²) in [6.07, 6.45) is 5.16. The lowest BCUT2D eigenvalue weighted by molar-refractivity contribution is 0.888. The van der Waals surface area contributed by atoms with Gasteiger partial charge in [0.2, 0.25) is 5.95 Å². The van der Waals surface area contributed by atoms with Crippen molar-refractivity contribution in [1.29, 1.82) is 0 Å². The van der Waals surface area contributed by atoms with E-state index in [-0.39, 0.29) is 0 Å². The van der Waals surface area contributed by atoms with E-state index in [0.717, 1.165) is 12.1 Å². The molecule has 0 bridgehead atoms. The molecular weight excluding hydrogens is 262 g/mol. The Morgan fingerprint density at radius 2 is 2.05 bits per heavy atom. The van der Waals surface area contributed by atoms with Gasteiger partial charge in [0.25, 0.3) is 0 Å². The summed E-state index contributed by atoms with van der Waals surface area (Å²) < 4.78 is 0. The van der Waals surface area contributed by atoms with Gasteiger partial charge in [-0.05, 0) is 24.6 Å². The molecule has 0 unspecified atom stereocenters. The van der Waals surface area contributed by atoms with E-state index in [9.17, 15) is 0 Å². The third-order valence-corrected chi connectivity index (χ3v) is 2.86. The van der Waals surface area contributed by atoms with Gasteiger partial charge in [-0.15, -0.1) is 0 Å². The zero-order valence-electron chi connectivity index (χ0n) is 11.0. The maximum atomic E-state index is 6.15. The van der Waals surface area contributed by atoms with Crippen molar-refractivity contribution in [2.45, 2.75) is 13.5 Å². The summed E-state index contributed by atoms with van der Waals surface area (Å²) in [5.41, 5.74) is 1.15. The van der Waals surface area contributed by atoms with Crippen molar-refractivity contribution < 1.29 is 0 Å². The summed E-state index contributed by atoms with van der Waals surface area (Å²) in [6.45, 7) is 3.48. The number of nitrogens with one attached hydrogen (secondary N) is 1. The highest BCUT2D eigenvalue weighted by atomic mass is 35.5. The average molecular weight is 278 g/mol. The van der Waals surface area contributed by atoms with E-state index in [1.807, 2.05) is 31.0 Å². The van der Waals surface area contributed by atoms with Crippen LogP contribution >= 0.6 is 11.6 Å². The molecule has 2 aromatic rings. The zero-order valence-corrected chi connectivity index (χ0v) is 11.7. The van der Waals surface area contributed by atoms with Gasteiger partial charge >= 0.3 is 0 Å². The van der Waals surface area contributed by atoms with Crippen molar-refractivity contribution in [2.24, 2.45) is 0 Å². The molecule has 1 N–H and O–H groups in total. The number of rotatable bonds is 5. The fourth-order valence-electron chi connectivity index (χ4n) is 1.71. The van der Waals surface area contributed by atoms with Gasteiger partial charge in [-0.3, -0.25) is 4.98 Å². The van der Waals surface area contributed by atoms with Crippen LogP contribution in [0.15, 0.2) is 30.7 Å². The number of hydrogen-bond acceptors (Lipinski definition) is 5. The molecule has 2 aromatic heterocycles. The van der Waals surface area contributed by atoms with Crippen molar-refractivity contribution in [3.05, 3.63) is 41.3 Å². The maximum Gasteiger partial charge on any atom is 0.224 e. The van der Waals surface area contributed by atoms with Crippen molar-refractivity contribution >= 4 is 23.4 Å². The number of halogens is 1. The molecule has 19 heavy (non-hydrogen) atoms. The minimum atomic E-state index is 0.540. The molecule has 6 heteroatoms. The molecular formula is C13H16ClN5. The summed E-state index contributed by atoms with van der Waals surface area (Å²) in [5.74, 6) is 1.30. The highest BCUT2D eigenvalue weighted by Gasteiger charge is 2.10. The highest BCUT2D eigenvalue weighted by molar-refractivity contribution is 6.32. The predicted molar refractivity (Wildman–Crippen MR) is 77.5 cm³/mol. The Morgan fingerprint density at radius 1 is 1.32 bits per heavy atom. The van der Waals surface area contributed by atoms with Crippen LogP contribution in [0, 0.1) is 0 Å². The molecule has 0 amide bonds. The third kappa shape index (κ3) is 3.54. The molecule has 0 spiro atoms. The van der Waals surface area contributed by atoms with Crippen LogP contribution in [0.25, 0.3) is 0 Å². The zero-order chi connectivity index (χ0) is 13.7. The summed E-state index contributed by atoms with van der Waals surface area (Å²) >= 11 is 6.15. The summed E-state index contributed by atoms with van der Waals surface area (Å²) in [7, 11) is 1.95. The molecule has 5 nitrogen and oxygen atoms in total. The third-order valence-electron chi connectivity index (χ3n) is 2.59. The number of aromatic nitrogens is 3. The smallest absolute Gasteiger partial charge is 0.224 e. The Morgan fingerprint density at radius 3 is 2.74 bits per heavy atom. The van der Waals surface area contributed by atoms with Crippen molar-refractivity contribution in [3.63, 3.8) is 0 Å². The molecule has 0 aromatic carbocycles. The van der Waals surface area contributed by atoms with E-state index < -0.39 is 0 Å². The topological polar surface area (TPSA) is 53.9 Å². The second-order valence-electron chi connectivity index (χ2n) is 4.11. The average Bonchev–Trinajstić information content (AvgIpc) is 2.42. The lowest BCUT2D eigenvalue weighted by Gasteiger charge is -2.19. The summed E-state index contributed by atoms with van der Waals surface area (Å²) in [4.78, 5) is 14.5. The fourth-order valence-corrected chi connectivity index (χ4v) is 1.94. The van der Waals surface area contributed by atoms with Crippen molar-refractivity contribution in [2.75, 3.05) is 23.8 Å². The predicted octanol–water partition coefficient (Wildman–Crippen LogP) is 2.59. The van der Waals surface area contributed by atoms with Gasteiger partial charge in [-0.1, -0.05) is 11.6 Å². The number of anilines is 2. The maximum absolute atomic E-state index is 6.15. The second kappa shape index (κ2) is 6.33. The Balaban J connectivity index is 2.18. The normalized spacial score (nSPS) is 10.3. The lowest BCUT2D eigenvalue weighted by Crippen LogP contribution is -2.19. The van der Waals surface area contributed by atoms with Gasteiger partial charge < -0.3 is 10.2 Å². The first-order valence-electron chi connectivity index (χ1n) is 6.07. The lowest BCUT2D eigenvalue weighted by atomic mass is 10.2. The summed E-state index contributed by atoms with van der Waals surface area (Å²) in [5, 5.41) is 3.62. The molecule has 100 valence electrons. The van der Waals surface area contributed by atoms with Gasteiger partial charge in [0.05, 0.1) is 6.20 Å². The van der Waals surface area contributed by atoms with Gasteiger partial charge in [0.1, 0.15) is 5.02 Å². The Hall–Kier alpha value is -1.88. The number of nitrogens with zero attached hydrogens (tertiary/aromatic N) is 4. The standard InChI is InChI=1S/C13H16ClN5/c1-3-16-13-17-8-11(14)12(18-13)19(2)9-10-4-6-15-7-5-10/h4-8H,3,9H2,1-2H3,(H,16,17,18). The molecule has 0 fully saturated rings. The van der Waals surface area contributed by atoms with Crippen molar-refractivity contribution in [3.8, 4) is 0 Å². The van der Waals surface area contributed by atoms with Gasteiger partial charge in [-0.2, -0.15) is 4.98 Å². The van der Waals surface area contributed by atoms with E-state index >= 15 is 0 Å². The highest BCUT2D eigenvalue weighted by Crippen LogP contribution is 2.23. The Bertz CT molecular complexity index is 532. The van der Waals surface area contributed by atoms with E-state index in [4.69, 9.17) is 11.6 Å². The van der Waals surface area contributed by atoms with Crippen LogP contribution in [-0.4, -0.2) is 28.5 Å². The van der Waals surface area contributed by atoms with Gasteiger partial charge in [0, 0.05) is 32.5 Å². The first-order chi connectivity index (χ1) is 9.20. The molecule has 0 atom stereocenters. The minimum Gasteiger partial charge on any atom is -0.354 e. The van der Waals surface area contributed by atoms with Gasteiger partial charge in [-0.25, -0.2) is 4.98 Å². The van der Waals surface area contributed by atoms with Gasteiger partial charge in [0.15, 0.2) is 5.82 Å². The van der Waals surface area contributed by atoms with Crippen LogP contribution in [0.1, 0.15) is 12.5 Å². The van der Waals surface area contributed by atoms with Crippen LogP contribution in [-0.2, 0) is 6.54 Å². The molecule has 0 aliphatic carbocycles. The first kappa shape index (κ1) is 13.5. The molecule has 0 aliphatic rings. The SMILES string of the molecule is CCNc1ncc(Cl)c(N(C)Cc2ccncc2)n1. The Kier molecular flexibility index (Phi) is 4.52. The van der Waals surface area contributed by atoms with Crippen LogP contribution in [0.3, 0.4) is 0 Å². The molecule has 0 saturated carbocycles. The van der Waals surface area contributed by atoms with E-state index in [1.54, 1.807) is 18.6 Å². The van der Waals surface area contributed by atoms with Crippen LogP contribution in [0.4, 0.5) is 11.8 Å². The van der Waals surface area contributed by atoms with Crippen LogP contribution in [0.2, 0.25) is 5.02 Å². The second-order valence-corrected chi connectivity index (χ2v) is 4.51. The largest absolute Gasteiger partial charge is 0.354 e.